The minimum absolute atomic E-state index is 0. The lowest BCUT2D eigenvalue weighted by atomic mass is 10.3. The molecule has 0 unspecified atom stereocenters. The van der Waals surface area contributed by atoms with E-state index < -0.39 is 0 Å². The third-order valence-electron chi connectivity index (χ3n) is 1.31. The Morgan fingerprint density at radius 1 is 1.73 bits per heavy atom. The van der Waals surface area contributed by atoms with Gasteiger partial charge in [0, 0.05) is 6.04 Å². The monoisotopic (exact) mass is 179 g/mol. The normalized spacial score (nSPS) is 18.4. The van der Waals surface area contributed by atoms with Crippen LogP contribution >= 0.6 is 12.4 Å². The lowest BCUT2D eigenvalue weighted by Crippen LogP contribution is -2.21. The first-order chi connectivity index (χ1) is 4.68. The third-order valence-corrected chi connectivity index (χ3v) is 1.31. The van der Waals surface area contributed by atoms with Crippen molar-refractivity contribution in [3.63, 3.8) is 0 Å². The Kier molecular flexibility index (Phi) is 4.45. The van der Waals surface area contributed by atoms with E-state index in [0.717, 1.165) is 12.8 Å². The molecule has 0 amide bonds. The van der Waals surface area contributed by atoms with Crippen LogP contribution in [-0.4, -0.2) is 18.1 Å². The summed E-state index contributed by atoms with van der Waals surface area (Å²) in [6.07, 6.45) is 2.62. The van der Waals surface area contributed by atoms with Crippen LogP contribution in [0.2, 0.25) is 0 Å². The quantitative estimate of drug-likeness (QED) is 0.654. The molecule has 1 saturated carbocycles. The van der Waals surface area contributed by atoms with E-state index in [4.69, 9.17) is 10.5 Å². The van der Waals surface area contributed by atoms with Gasteiger partial charge in [-0.2, -0.15) is 0 Å². The highest BCUT2D eigenvalue weighted by atomic mass is 35.5. The molecule has 1 aliphatic rings. The first kappa shape index (κ1) is 10.7. The first-order valence-corrected chi connectivity index (χ1v) is 3.63. The summed E-state index contributed by atoms with van der Waals surface area (Å²) in [6, 6.07) is -0.0775. The summed E-state index contributed by atoms with van der Waals surface area (Å²) in [5.74, 6) is -0.155. The maximum Gasteiger partial charge on any atom is 0.307 e. The van der Waals surface area contributed by atoms with E-state index in [9.17, 15) is 4.79 Å². The van der Waals surface area contributed by atoms with Crippen LogP contribution in [0.25, 0.3) is 0 Å². The molecule has 1 rings (SSSR count). The molecule has 0 aromatic carbocycles. The van der Waals surface area contributed by atoms with Gasteiger partial charge < -0.3 is 10.5 Å². The van der Waals surface area contributed by atoms with Gasteiger partial charge in [0.1, 0.15) is 6.10 Å². The fraction of sp³-hybridized carbons (Fsp3) is 0.857. The van der Waals surface area contributed by atoms with Crippen molar-refractivity contribution in [2.45, 2.75) is 38.3 Å². The van der Waals surface area contributed by atoms with Crippen LogP contribution < -0.4 is 5.73 Å². The topological polar surface area (TPSA) is 52.3 Å². The highest BCUT2D eigenvalue weighted by Crippen LogP contribution is 2.23. The maximum absolute atomic E-state index is 10.8. The van der Waals surface area contributed by atoms with Crippen molar-refractivity contribution in [2.75, 3.05) is 0 Å². The first-order valence-electron chi connectivity index (χ1n) is 3.63. The number of ether oxygens (including phenoxy) is 1. The van der Waals surface area contributed by atoms with Crippen molar-refractivity contribution in [1.82, 2.24) is 0 Å². The van der Waals surface area contributed by atoms with Crippen molar-refractivity contribution in [1.29, 1.82) is 0 Å². The zero-order valence-corrected chi connectivity index (χ0v) is 7.39. The average molecular weight is 180 g/mol. The van der Waals surface area contributed by atoms with Crippen LogP contribution in [0.4, 0.5) is 0 Å². The third kappa shape index (κ3) is 5.04. The molecule has 4 heteroatoms. The van der Waals surface area contributed by atoms with E-state index in [-0.39, 0.29) is 30.5 Å². The van der Waals surface area contributed by atoms with Gasteiger partial charge in [0.2, 0.25) is 0 Å². The second kappa shape index (κ2) is 4.57. The summed E-state index contributed by atoms with van der Waals surface area (Å²) >= 11 is 0. The summed E-state index contributed by atoms with van der Waals surface area (Å²) in [5.41, 5.74) is 5.39. The molecule has 0 heterocycles. The summed E-state index contributed by atoms with van der Waals surface area (Å²) in [6.45, 7) is 1.80. The number of hydrogen-bond acceptors (Lipinski definition) is 3. The Hall–Kier alpha value is -0.280. The SMILES string of the molecule is C[C@@H](N)CC(=O)OC1CC1.Cl. The molecule has 1 atom stereocenters. The molecule has 11 heavy (non-hydrogen) atoms. The number of carbonyl (C=O) groups excluding carboxylic acids is 1. The molecule has 0 aliphatic heterocycles. The molecule has 0 radical (unpaired) electrons. The van der Waals surface area contributed by atoms with Gasteiger partial charge >= 0.3 is 5.97 Å². The summed E-state index contributed by atoms with van der Waals surface area (Å²) < 4.78 is 4.95. The van der Waals surface area contributed by atoms with Crippen LogP contribution in [0.15, 0.2) is 0 Å². The minimum atomic E-state index is -0.155. The number of hydrogen-bond donors (Lipinski definition) is 1. The van der Waals surface area contributed by atoms with Crippen LogP contribution in [0.1, 0.15) is 26.2 Å². The van der Waals surface area contributed by atoms with Gasteiger partial charge in [0.15, 0.2) is 0 Å². The largest absolute Gasteiger partial charge is 0.462 e. The second-order valence-electron chi connectivity index (χ2n) is 2.87. The summed E-state index contributed by atoms with van der Waals surface area (Å²) in [4.78, 5) is 10.8. The molecular formula is C7H14ClNO2. The molecular weight excluding hydrogens is 166 g/mol. The van der Waals surface area contributed by atoms with Crippen molar-refractivity contribution >= 4 is 18.4 Å². The number of rotatable bonds is 3. The van der Waals surface area contributed by atoms with Crippen molar-refractivity contribution in [3.05, 3.63) is 0 Å². The number of esters is 1. The summed E-state index contributed by atoms with van der Waals surface area (Å²) in [5, 5.41) is 0. The van der Waals surface area contributed by atoms with E-state index in [0.29, 0.717) is 6.42 Å². The molecule has 1 fully saturated rings. The molecule has 1 aliphatic carbocycles. The smallest absolute Gasteiger partial charge is 0.307 e. The van der Waals surface area contributed by atoms with Crippen molar-refractivity contribution in [3.8, 4) is 0 Å². The lowest BCUT2D eigenvalue weighted by molar-refractivity contribution is -0.145. The molecule has 2 N–H and O–H groups in total. The Morgan fingerprint density at radius 2 is 2.27 bits per heavy atom. The maximum atomic E-state index is 10.8. The average Bonchev–Trinajstić information content (AvgIpc) is 2.46. The van der Waals surface area contributed by atoms with E-state index in [1.165, 1.54) is 0 Å². The lowest BCUT2D eigenvalue weighted by Gasteiger charge is -2.04. The van der Waals surface area contributed by atoms with Gasteiger partial charge in [0.25, 0.3) is 0 Å². The molecule has 3 nitrogen and oxygen atoms in total. The highest BCUT2D eigenvalue weighted by Gasteiger charge is 2.25. The van der Waals surface area contributed by atoms with Gasteiger partial charge in [-0.15, -0.1) is 12.4 Å². The Morgan fingerprint density at radius 3 is 2.64 bits per heavy atom. The molecule has 0 aromatic heterocycles. The van der Waals surface area contributed by atoms with Crippen LogP contribution in [0.3, 0.4) is 0 Å². The van der Waals surface area contributed by atoms with Gasteiger partial charge in [0.05, 0.1) is 6.42 Å². The predicted octanol–water partition coefficient (Wildman–Crippen LogP) is 0.851. The van der Waals surface area contributed by atoms with E-state index in [1.54, 1.807) is 6.92 Å². The minimum Gasteiger partial charge on any atom is -0.462 e. The van der Waals surface area contributed by atoms with E-state index >= 15 is 0 Å². The summed E-state index contributed by atoms with van der Waals surface area (Å²) in [7, 11) is 0. The fourth-order valence-electron chi connectivity index (χ4n) is 0.683. The molecule has 0 saturated heterocycles. The van der Waals surface area contributed by atoms with E-state index in [2.05, 4.69) is 0 Å². The van der Waals surface area contributed by atoms with Gasteiger partial charge in [-0.05, 0) is 19.8 Å². The Balaban J connectivity index is 0.000001000. The van der Waals surface area contributed by atoms with Crippen molar-refractivity contribution < 1.29 is 9.53 Å². The zero-order chi connectivity index (χ0) is 7.56. The Bertz CT molecular complexity index is 128. The van der Waals surface area contributed by atoms with Crippen LogP contribution in [0, 0.1) is 0 Å². The fourth-order valence-corrected chi connectivity index (χ4v) is 0.683. The predicted molar refractivity (Wildman–Crippen MR) is 44.6 cm³/mol. The standard InChI is InChI=1S/C7H13NO2.ClH/c1-5(8)4-7(9)10-6-2-3-6;/h5-6H,2-4,8H2,1H3;1H/t5-;/m1./s1. The van der Waals surface area contributed by atoms with Crippen LogP contribution in [0.5, 0.6) is 0 Å². The number of nitrogens with two attached hydrogens (primary N) is 1. The highest BCUT2D eigenvalue weighted by molar-refractivity contribution is 5.85. The van der Waals surface area contributed by atoms with Crippen molar-refractivity contribution in [2.24, 2.45) is 5.73 Å². The van der Waals surface area contributed by atoms with Gasteiger partial charge in [-0.25, -0.2) is 0 Å². The van der Waals surface area contributed by atoms with Crippen LogP contribution in [-0.2, 0) is 9.53 Å². The molecule has 66 valence electrons. The number of halogens is 1. The number of carbonyl (C=O) groups is 1. The molecule has 0 bridgehead atoms. The Labute approximate surface area is 72.7 Å². The van der Waals surface area contributed by atoms with Gasteiger partial charge in [-0.3, -0.25) is 4.79 Å². The van der Waals surface area contributed by atoms with Gasteiger partial charge in [-0.1, -0.05) is 0 Å². The van der Waals surface area contributed by atoms with E-state index in [1.807, 2.05) is 0 Å². The second-order valence-corrected chi connectivity index (χ2v) is 2.87. The zero-order valence-electron chi connectivity index (χ0n) is 6.58. The molecule has 0 spiro atoms. The molecule has 0 aromatic rings.